The van der Waals surface area contributed by atoms with Gasteiger partial charge in [0, 0.05) is 13.3 Å². The Balaban J connectivity index is 3.06. The summed E-state index contributed by atoms with van der Waals surface area (Å²) in [5.74, 6) is 0. The van der Waals surface area contributed by atoms with Gasteiger partial charge in [-0.2, -0.15) is 5.26 Å². The van der Waals surface area contributed by atoms with Crippen molar-refractivity contribution in [3.63, 3.8) is 0 Å². The minimum absolute atomic E-state index is 0.359. The maximum absolute atomic E-state index is 11.2. The third kappa shape index (κ3) is 1.90. The molecule has 0 radical (unpaired) electrons. The van der Waals surface area contributed by atoms with E-state index < -0.39 is 15.2 Å². The van der Waals surface area contributed by atoms with E-state index in [1.54, 1.807) is 25.3 Å². The highest BCUT2D eigenvalue weighted by molar-refractivity contribution is 7.91. The average molecular weight is 198 g/mol. The molecule has 13 heavy (non-hydrogen) atoms. The van der Waals surface area contributed by atoms with Gasteiger partial charge in [-0.15, -0.1) is 0 Å². The van der Waals surface area contributed by atoms with Crippen LogP contribution >= 0.6 is 0 Å². The number of nitriles is 1. The van der Waals surface area contributed by atoms with Crippen molar-refractivity contribution in [1.29, 1.82) is 5.26 Å². The fourth-order valence-electron chi connectivity index (χ4n) is 1.17. The van der Waals surface area contributed by atoms with Crippen molar-refractivity contribution in [3.8, 4) is 6.07 Å². The van der Waals surface area contributed by atoms with E-state index in [0.717, 1.165) is 6.26 Å². The summed E-state index contributed by atoms with van der Waals surface area (Å²) in [5, 5.41) is 7.94. The summed E-state index contributed by atoms with van der Waals surface area (Å²) < 4.78 is 22.5. The molecule has 0 aromatic heterocycles. The molecule has 0 saturated carbocycles. The molecule has 0 aromatic carbocycles. The van der Waals surface area contributed by atoms with Crippen molar-refractivity contribution in [1.82, 2.24) is 4.90 Å². The fraction of sp³-hybridized carbons (Fsp3) is 0.375. The van der Waals surface area contributed by atoms with Gasteiger partial charge in [0.2, 0.25) is 0 Å². The maximum Gasteiger partial charge on any atom is 0.172 e. The van der Waals surface area contributed by atoms with Gasteiger partial charge in [0.05, 0.1) is 0 Å². The third-order valence-electron chi connectivity index (χ3n) is 1.84. The van der Waals surface area contributed by atoms with Crippen LogP contribution in [0.3, 0.4) is 0 Å². The summed E-state index contributed by atoms with van der Waals surface area (Å²) >= 11 is 0. The van der Waals surface area contributed by atoms with Crippen LogP contribution in [0.2, 0.25) is 0 Å². The Morgan fingerprint density at radius 2 is 2.23 bits per heavy atom. The fourth-order valence-corrected chi connectivity index (χ4v) is 2.24. The molecule has 1 aliphatic rings. The second kappa shape index (κ2) is 3.23. The first-order chi connectivity index (χ1) is 5.96. The van der Waals surface area contributed by atoms with Gasteiger partial charge in [0.1, 0.15) is 11.8 Å². The predicted octanol–water partition coefficient (Wildman–Crippen LogP) is 0.266. The van der Waals surface area contributed by atoms with Gasteiger partial charge in [-0.3, -0.25) is 0 Å². The van der Waals surface area contributed by atoms with Crippen LogP contribution in [-0.4, -0.2) is 32.0 Å². The number of likely N-dealkylation sites (N-methyl/N-ethyl adjacent to an activating group) is 1. The molecular weight excluding hydrogens is 188 g/mol. The Morgan fingerprint density at radius 3 is 2.69 bits per heavy atom. The molecule has 0 N–H and O–H groups in total. The van der Waals surface area contributed by atoms with Crippen LogP contribution < -0.4 is 0 Å². The Kier molecular flexibility index (Phi) is 2.43. The molecule has 1 rings (SSSR count). The van der Waals surface area contributed by atoms with E-state index in [-0.39, 0.29) is 0 Å². The number of sulfone groups is 1. The molecule has 4 nitrogen and oxygen atoms in total. The Labute approximate surface area is 77.7 Å². The van der Waals surface area contributed by atoms with Gasteiger partial charge in [0.25, 0.3) is 0 Å². The molecule has 1 unspecified atom stereocenters. The molecule has 0 saturated heterocycles. The maximum atomic E-state index is 11.2. The first-order valence-electron chi connectivity index (χ1n) is 3.67. The van der Waals surface area contributed by atoms with Crippen molar-refractivity contribution < 1.29 is 8.42 Å². The molecule has 5 heteroatoms. The molecule has 70 valence electrons. The van der Waals surface area contributed by atoms with Crippen molar-refractivity contribution >= 4 is 9.84 Å². The van der Waals surface area contributed by atoms with Gasteiger partial charge in [-0.05, 0) is 12.2 Å². The third-order valence-corrected chi connectivity index (χ3v) is 3.20. The van der Waals surface area contributed by atoms with Gasteiger partial charge in [0.15, 0.2) is 15.2 Å². The van der Waals surface area contributed by atoms with E-state index in [1.165, 1.54) is 4.90 Å². The lowest BCUT2D eigenvalue weighted by Gasteiger charge is -2.27. The zero-order valence-electron chi connectivity index (χ0n) is 7.43. The number of nitrogens with zero attached hydrogens (tertiary/aromatic N) is 2. The lowest BCUT2D eigenvalue weighted by molar-refractivity contribution is 0.425. The predicted molar refractivity (Wildman–Crippen MR) is 49.2 cm³/mol. The SMILES string of the molecule is CN1C(C#N)=CC=CC1S(C)(=O)=O. The van der Waals surface area contributed by atoms with Gasteiger partial charge in [-0.1, -0.05) is 6.08 Å². The highest BCUT2D eigenvalue weighted by Crippen LogP contribution is 2.16. The highest BCUT2D eigenvalue weighted by Gasteiger charge is 2.25. The molecule has 0 amide bonds. The van der Waals surface area contributed by atoms with Crippen LogP contribution in [-0.2, 0) is 9.84 Å². The Morgan fingerprint density at radius 1 is 1.62 bits per heavy atom. The van der Waals surface area contributed by atoms with Crippen molar-refractivity contribution in [2.45, 2.75) is 5.37 Å². The van der Waals surface area contributed by atoms with Crippen LogP contribution in [0.1, 0.15) is 0 Å². The molecule has 1 aliphatic heterocycles. The summed E-state index contributed by atoms with van der Waals surface area (Å²) in [4.78, 5) is 1.44. The van der Waals surface area contributed by atoms with E-state index in [1.807, 2.05) is 6.07 Å². The smallest absolute Gasteiger partial charge is 0.172 e. The van der Waals surface area contributed by atoms with Gasteiger partial charge >= 0.3 is 0 Å². The lowest BCUT2D eigenvalue weighted by Crippen LogP contribution is -2.36. The van der Waals surface area contributed by atoms with Crippen molar-refractivity contribution in [2.75, 3.05) is 13.3 Å². The van der Waals surface area contributed by atoms with Crippen molar-refractivity contribution in [3.05, 3.63) is 23.9 Å². The van der Waals surface area contributed by atoms with Crippen LogP contribution in [0.5, 0.6) is 0 Å². The minimum atomic E-state index is -3.17. The van der Waals surface area contributed by atoms with Crippen LogP contribution in [0.25, 0.3) is 0 Å². The van der Waals surface area contributed by atoms with Crippen LogP contribution in [0.15, 0.2) is 23.9 Å². The molecule has 0 bridgehead atoms. The Hall–Kier alpha value is -1.28. The largest absolute Gasteiger partial charge is 0.346 e. The second-order valence-corrected chi connectivity index (χ2v) is 5.02. The van der Waals surface area contributed by atoms with E-state index in [4.69, 9.17) is 5.26 Å². The van der Waals surface area contributed by atoms with E-state index >= 15 is 0 Å². The summed E-state index contributed by atoms with van der Waals surface area (Å²) in [5.41, 5.74) is 0.359. The summed E-state index contributed by atoms with van der Waals surface area (Å²) in [6.07, 6.45) is 5.88. The van der Waals surface area contributed by atoms with Gasteiger partial charge in [-0.25, -0.2) is 8.42 Å². The molecule has 0 aromatic rings. The first-order valence-corrected chi connectivity index (χ1v) is 5.62. The summed E-state index contributed by atoms with van der Waals surface area (Å²) in [6, 6.07) is 1.93. The van der Waals surface area contributed by atoms with Gasteiger partial charge < -0.3 is 4.90 Å². The normalized spacial score (nSPS) is 22.4. The van der Waals surface area contributed by atoms with E-state index in [0.29, 0.717) is 5.70 Å². The molecule has 1 heterocycles. The molecule has 0 spiro atoms. The molecular formula is C8H10N2O2S. The zero-order valence-corrected chi connectivity index (χ0v) is 8.25. The highest BCUT2D eigenvalue weighted by atomic mass is 32.2. The molecule has 1 atom stereocenters. The summed E-state index contributed by atoms with van der Waals surface area (Å²) in [7, 11) is -1.58. The Bertz CT molecular complexity index is 400. The monoisotopic (exact) mass is 198 g/mol. The standard InChI is InChI=1S/C8H10N2O2S/c1-10-7(6-9)4-3-5-8(10)13(2,11)12/h3-5,8H,1-2H3. The number of allylic oxidation sites excluding steroid dienone is 3. The number of rotatable bonds is 1. The van der Waals surface area contributed by atoms with Crippen LogP contribution in [0.4, 0.5) is 0 Å². The quantitative estimate of drug-likeness (QED) is 0.606. The molecule has 0 fully saturated rings. The zero-order chi connectivity index (χ0) is 10.1. The number of hydrogen-bond acceptors (Lipinski definition) is 4. The molecule has 0 aliphatic carbocycles. The van der Waals surface area contributed by atoms with E-state index in [9.17, 15) is 8.42 Å². The topological polar surface area (TPSA) is 61.2 Å². The van der Waals surface area contributed by atoms with Crippen LogP contribution in [0, 0.1) is 11.3 Å². The average Bonchev–Trinajstić information content (AvgIpc) is 2.02. The minimum Gasteiger partial charge on any atom is -0.346 e. The van der Waals surface area contributed by atoms with E-state index in [2.05, 4.69) is 0 Å². The first kappa shape index (κ1) is 9.81. The second-order valence-electron chi connectivity index (χ2n) is 2.88. The van der Waals surface area contributed by atoms with Crippen molar-refractivity contribution in [2.24, 2.45) is 0 Å². The summed E-state index contributed by atoms with van der Waals surface area (Å²) in [6.45, 7) is 0. The lowest BCUT2D eigenvalue weighted by atomic mass is 10.3. The number of hydrogen-bond donors (Lipinski definition) is 0.